The van der Waals surface area contributed by atoms with Crippen molar-refractivity contribution in [1.29, 1.82) is 0 Å². The van der Waals surface area contributed by atoms with E-state index in [4.69, 9.17) is 25.1 Å². The van der Waals surface area contributed by atoms with Crippen LogP contribution in [0.3, 0.4) is 0 Å². The third-order valence-electron chi connectivity index (χ3n) is 2.57. The van der Waals surface area contributed by atoms with Gasteiger partial charge >= 0.3 is 0 Å². The monoisotopic (exact) mass is 291 g/mol. The zero-order valence-electron chi connectivity index (χ0n) is 12.3. The van der Waals surface area contributed by atoms with Gasteiger partial charge in [0.2, 0.25) is 0 Å². The summed E-state index contributed by atoms with van der Waals surface area (Å²) in [5.41, 5.74) is 5.28. The van der Waals surface area contributed by atoms with Crippen LogP contribution < -0.4 is 5.73 Å². The van der Waals surface area contributed by atoms with Crippen molar-refractivity contribution in [3.63, 3.8) is 0 Å². The summed E-state index contributed by atoms with van der Waals surface area (Å²) < 4.78 is 15.8. The molecule has 0 aliphatic rings. The fourth-order valence-electron chi connectivity index (χ4n) is 1.54. The molecule has 0 radical (unpaired) electrons. The van der Waals surface area contributed by atoms with Crippen LogP contribution in [0.4, 0.5) is 0 Å². The third kappa shape index (κ3) is 15.5. The van der Waals surface area contributed by atoms with E-state index in [1.807, 2.05) is 0 Å². The summed E-state index contributed by atoms with van der Waals surface area (Å²) in [7, 11) is 0. The van der Waals surface area contributed by atoms with Crippen LogP contribution in [0, 0.1) is 0 Å². The molecular formula is C14H29NO5. The summed E-state index contributed by atoms with van der Waals surface area (Å²) in [6.45, 7) is 4.05. The average Bonchev–Trinajstić information content (AvgIpc) is 2.45. The Morgan fingerprint density at radius 1 is 0.800 bits per heavy atom. The Hall–Kier alpha value is -0.530. The molecule has 0 amide bonds. The second kappa shape index (κ2) is 16.5. The number of Topliss-reactive ketones (excluding diaryl/α,β-unsaturated/α-hetero) is 1. The van der Waals surface area contributed by atoms with E-state index in [-0.39, 0.29) is 12.4 Å². The van der Waals surface area contributed by atoms with Crippen molar-refractivity contribution in [3.8, 4) is 0 Å². The molecule has 0 heterocycles. The molecule has 20 heavy (non-hydrogen) atoms. The van der Waals surface area contributed by atoms with E-state index in [1.165, 1.54) is 0 Å². The maximum atomic E-state index is 11.5. The highest BCUT2D eigenvalue weighted by molar-refractivity contribution is 5.78. The summed E-state index contributed by atoms with van der Waals surface area (Å²) in [6.07, 6.45) is 3.29. The van der Waals surface area contributed by atoms with Gasteiger partial charge in [0.1, 0.15) is 5.78 Å². The van der Waals surface area contributed by atoms with Gasteiger partial charge in [0.25, 0.3) is 0 Å². The van der Waals surface area contributed by atoms with Gasteiger partial charge in [-0.25, -0.2) is 0 Å². The predicted molar refractivity (Wildman–Crippen MR) is 76.7 cm³/mol. The lowest BCUT2D eigenvalue weighted by Crippen LogP contribution is -2.10. The van der Waals surface area contributed by atoms with E-state index < -0.39 is 0 Å². The lowest BCUT2D eigenvalue weighted by molar-refractivity contribution is -0.119. The van der Waals surface area contributed by atoms with Gasteiger partial charge in [0.05, 0.1) is 19.8 Å². The van der Waals surface area contributed by atoms with Crippen LogP contribution in [0.5, 0.6) is 0 Å². The fraction of sp³-hybridized carbons (Fsp3) is 0.929. The van der Waals surface area contributed by atoms with Crippen molar-refractivity contribution >= 4 is 5.78 Å². The molecular weight excluding hydrogens is 262 g/mol. The number of ether oxygens (including phenoxy) is 3. The highest BCUT2D eigenvalue weighted by atomic mass is 16.5. The number of aliphatic hydroxyl groups is 1. The number of rotatable bonds is 16. The van der Waals surface area contributed by atoms with Gasteiger partial charge in [-0.2, -0.15) is 0 Å². The molecule has 3 N–H and O–H groups in total. The largest absolute Gasteiger partial charge is 0.396 e. The first-order valence-corrected chi connectivity index (χ1v) is 7.37. The lowest BCUT2D eigenvalue weighted by atomic mass is 10.1. The smallest absolute Gasteiger partial charge is 0.133 e. The SMILES string of the molecule is NCCOCCCC(=O)CCCOCCOCCCO. The zero-order valence-corrected chi connectivity index (χ0v) is 12.3. The summed E-state index contributed by atoms with van der Waals surface area (Å²) >= 11 is 0. The predicted octanol–water partition coefficient (Wildman–Crippen LogP) is 0.507. The number of nitrogens with two attached hydrogens (primary N) is 1. The molecule has 0 fully saturated rings. The Morgan fingerprint density at radius 2 is 1.30 bits per heavy atom. The molecule has 0 saturated heterocycles. The molecule has 0 aliphatic carbocycles. The molecule has 6 heteroatoms. The molecule has 0 aromatic rings. The van der Waals surface area contributed by atoms with Crippen LogP contribution in [0.25, 0.3) is 0 Å². The Morgan fingerprint density at radius 3 is 1.80 bits per heavy atom. The Kier molecular flexibility index (Phi) is 16.1. The van der Waals surface area contributed by atoms with Gasteiger partial charge < -0.3 is 25.1 Å². The molecule has 0 saturated carbocycles. The minimum absolute atomic E-state index is 0.153. The van der Waals surface area contributed by atoms with Gasteiger partial charge in [-0.1, -0.05) is 0 Å². The number of aliphatic hydroxyl groups excluding tert-OH is 1. The second-order valence-corrected chi connectivity index (χ2v) is 4.45. The molecule has 0 rings (SSSR count). The molecule has 0 spiro atoms. The van der Waals surface area contributed by atoms with E-state index in [2.05, 4.69) is 0 Å². The summed E-state index contributed by atoms with van der Waals surface area (Å²) in [5, 5.41) is 8.54. The van der Waals surface area contributed by atoms with E-state index in [0.29, 0.717) is 65.4 Å². The third-order valence-corrected chi connectivity index (χ3v) is 2.57. The van der Waals surface area contributed by atoms with Crippen molar-refractivity contribution < 1.29 is 24.1 Å². The van der Waals surface area contributed by atoms with Crippen LogP contribution in [0.2, 0.25) is 0 Å². The minimum atomic E-state index is 0.153. The Balaban J connectivity index is 3.11. The molecule has 120 valence electrons. The van der Waals surface area contributed by atoms with E-state index in [9.17, 15) is 4.79 Å². The van der Waals surface area contributed by atoms with Gasteiger partial charge in [0.15, 0.2) is 0 Å². The van der Waals surface area contributed by atoms with Crippen molar-refractivity contribution in [2.45, 2.75) is 32.1 Å². The maximum absolute atomic E-state index is 11.5. The van der Waals surface area contributed by atoms with Gasteiger partial charge in [0, 0.05) is 45.8 Å². The standard InChI is InChI=1S/C14H29NO5/c15-6-11-18-8-1-4-14(17)5-2-9-19-12-13-20-10-3-7-16/h16H,1-13,15H2. The summed E-state index contributed by atoms with van der Waals surface area (Å²) in [4.78, 5) is 11.5. The summed E-state index contributed by atoms with van der Waals surface area (Å²) in [6, 6.07) is 0. The highest BCUT2D eigenvalue weighted by Gasteiger charge is 2.01. The fourth-order valence-corrected chi connectivity index (χ4v) is 1.54. The molecule has 0 aromatic carbocycles. The Labute approximate surface area is 121 Å². The van der Waals surface area contributed by atoms with Crippen molar-refractivity contribution in [2.24, 2.45) is 5.73 Å². The molecule has 0 bridgehead atoms. The van der Waals surface area contributed by atoms with Gasteiger partial charge in [-0.05, 0) is 19.3 Å². The molecule has 0 atom stereocenters. The zero-order chi connectivity index (χ0) is 14.9. The van der Waals surface area contributed by atoms with Crippen molar-refractivity contribution in [2.75, 3.05) is 52.8 Å². The van der Waals surface area contributed by atoms with Crippen LogP contribution in [-0.2, 0) is 19.0 Å². The van der Waals surface area contributed by atoms with Crippen LogP contribution in [0.1, 0.15) is 32.1 Å². The average molecular weight is 291 g/mol. The van der Waals surface area contributed by atoms with Crippen LogP contribution in [0.15, 0.2) is 0 Å². The first-order chi connectivity index (χ1) is 9.81. The summed E-state index contributed by atoms with van der Waals surface area (Å²) in [5.74, 6) is 0.254. The molecule has 0 aromatic heterocycles. The van der Waals surface area contributed by atoms with Gasteiger partial charge in [-0.3, -0.25) is 4.79 Å². The van der Waals surface area contributed by atoms with Crippen molar-refractivity contribution in [1.82, 2.24) is 0 Å². The van der Waals surface area contributed by atoms with Crippen molar-refractivity contribution in [3.05, 3.63) is 0 Å². The van der Waals surface area contributed by atoms with E-state index >= 15 is 0 Å². The normalized spacial score (nSPS) is 10.9. The van der Waals surface area contributed by atoms with E-state index in [0.717, 1.165) is 12.8 Å². The molecule has 6 nitrogen and oxygen atoms in total. The minimum Gasteiger partial charge on any atom is -0.396 e. The quantitative estimate of drug-likeness (QED) is 0.403. The molecule has 0 aliphatic heterocycles. The molecule has 0 unspecified atom stereocenters. The van der Waals surface area contributed by atoms with Gasteiger partial charge in [-0.15, -0.1) is 0 Å². The second-order valence-electron chi connectivity index (χ2n) is 4.45. The number of hydrogen-bond acceptors (Lipinski definition) is 6. The lowest BCUT2D eigenvalue weighted by Gasteiger charge is -2.05. The highest BCUT2D eigenvalue weighted by Crippen LogP contribution is 1.99. The number of carbonyl (C=O) groups is 1. The number of ketones is 1. The van der Waals surface area contributed by atoms with Crippen LogP contribution >= 0.6 is 0 Å². The van der Waals surface area contributed by atoms with Crippen LogP contribution in [-0.4, -0.2) is 63.7 Å². The first-order valence-electron chi connectivity index (χ1n) is 7.37. The number of hydrogen-bond donors (Lipinski definition) is 2. The Bertz CT molecular complexity index is 214. The maximum Gasteiger partial charge on any atom is 0.133 e. The first kappa shape index (κ1) is 19.5. The topological polar surface area (TPSA) is 91.0 Å². The van der Waals surface area contributed by atoms with E-state index in [1.54, 1.807) is 0 Å². The number of carbonyl (C=O) groups excluding carboxylic acids is 1.